The fourth-order valence-electron chi connectivity index (χ4n) is 3.47. The third-order valence-corrected chi connectivity index (χ3v) is 6.57. The van der Waals surface area contributed by atoms with Crippen molar-refractivity contribution in [1.82, 2.24) is 29.5 Å². The average molecular weight is 396 g/mol. The van der Waals surface area contributed by atoms with Crippen LogP contribution in [0.4, 0.5) is 0 Å². The fraction of sp³-hybridized carbons (Fsp3) is 0.625. The molecule has 1 N–H and O–H groups in total. The Kier molecular flexibility index (Phi) is 5.08. The lowest BCUT2D eigenvalue weighted by Gasteiger charge is -2.25. The van der Waals surface area contributed by atoms with Crippen LogP contribution in [0.25, 0.3) is 0 Å². The maximum Gasteiger partial charge on any atom is 0.249 e. The van der Waals surface area contributed by atoms with E-state index in [1.54, 1.807) is 32.7 Å². The molecular weight excluding hydrogens is 372 g/mol. The summed E-state index contributed by atoms with van der Waals surface area (Å²) in [5, 5.41) is 7.91. The third-order valence-electron chi connectivity index (χ3n) is 4.78. The average Bonchev–Trinajstić information content (AvgIpc) is 3.26. The molecule has 27 heavy (non-hydrogen) atoms. The Labute approximate surface area is 158 Å². The Balaban J connectivity index is 1.79. The van der Waals surface area contributed by atoms with Crippen LogP contribution in [-0.2, 0) is 21.9 Å². The molecule has 0 aromatic carbocycles. The number of carbonyl (C=O) groups is 1. The van der Waals surface area contributed by atoms with E-state index < -0.39 is 16.1 Å². The topological polar surface area (TPSA) is 123 Å². The molecule has 2 atom stereocenters. The van der Waals surface area contributed by atoms with Crippen molar-refractivity contribution in [1.29, 1.82) is 0 Å². The standard InChI is InChI=1S/C16H24N6O4S/c1-9-14(11(3)21(5)18-9)27(24,25)20-10(2)16(23)22-8-6-7-13(22)15-17-12(4)19-26-15/h10,13,20H,6-8H2,1-5H3. The molecule has 0 spiro atoms. The molecule has 0 radical (unpaired) electrons. The fourth-order valence-corrected chi connectivity index (χ4v) is 5.10. The Hall–Kier alpha value is -2.27. The molecule has 3 rings (SSSR count). The van der Waals surface area contributed by atoms with E-state index in [1.807, 2.05) is 0 Å². The largest absolute Gasteiger partial charge is 0.337 e. The summed E-state index contributed by atoms with van der Waals surface area (Å²) in [6, 6.07) is -1.26. The van der Waals surface area contributed by atoms with Crippen LogP contribution >= 0.6 is 0 Å². The van der Waals surface area contributed by atoms with Gasteiger partial charge in [0.05, 0.1) is 17.4 Å². The highest BCUT2D eigenvalue weighted by Crippen LogP contribution is 2.31. The molecule has 1 aliphatic rings. The molecule has 1 aliphatic heterocycles. The highest BCUT2D eigenvalue weighted by atomic mass is 32.2. The van der Waals surface area contributed by atoms with Crippen LogP contribution in [0.15, 0.2) is 9.42 Å². The number of hydrogen-bond donors (Lipinski definition) is 1. The molecule has 1 fully saturated rings. The Morgan fingerprint density at radius 3 is 2.59 bits per heavy atom. The number of carbonyl (C=O) groups excluding carboxylic acids is 1. The molecule has 2 aromatic rings. The number of sulfonamides is 1. The minimum atomic E-state index is -3.88. The number of hydrogen-bond acceptors (Lipinski definition) is 7. The SMILES string of the molecule is Cc1noc(C2CCCN2C(=O)C(C)NS(=O)(=O)c2c(C)nn(C)c2C)n1. The number of aryl methyl sites for hydroxylation is 3. The third kappa shape index (κ3) is 3.61. The summed E-state index contributed by atoms with van der Waals surface area (Å²) in [7, 11) is -2.21. The van der Waals surface area contributed by atoms with Crippen molar-refractivity contribution in [2.24, 2.45) is 7.05 Å². The molecule has 3 heterocycles. The number of amides is 1. The number of aromatic nitrogens is 4. The van der Waals surface area contributed by atoms with E-state index in [0.717, 1.165) is 6.42 Å². The van der Waals surface area contributed by atoms with E-state index in [2.05, 4.69) is 20.0 Å². The van der Waals surface area contributed by atoms with Crippen molar-refractivity contribution >= 4 is 15.9 Å². The van der Waals surface area contributed by atoms with Gasteiger partial charge in [0, 0.05) is 13.6 Å². The highest BCUT2D eigenvalue weighted by molar-refractivity contribution is 7.89. The van der Waals surface area contributed by atoms with E-state index in [9.17, 15) is 13.2 Å². The summed E-state index contributed by atoms with van der Waals surface area (Å²) in [5.41, 5.74) is 0.905. The first-order chi connectivity index (χ1) is 12.6. The maximum absolute atomic E-state index is 12.9. The normalized spacial score (nSPS) is 18.9. The Bertz CT molecular complexity index is 964. The zero-order chi connectivity index (χ0) is 19.9. The molecule has 2 unspecified atom stereocenters. The zero-order valence-corrected chi connectivity index (χ0v) is 16.9. The quantitative estimate of drug-likeness (QED) is 0.791. The van der Waals surface area contributed by atoms with Crippen molar-refractivity contribution in [2.45, 2.75) is 57.5 Å². The molecule has 1 saturated heterocycles. The van der Waals surface area contributed by atoms with Crippen molar-refractivity contribution in [3.63, 3.8) is 0 Å². The van der Waals surface area contributed by atoms with Gasteiger partial charge in [-0.25, -0.2) is 8.42 Å². The number of rotatable bonds is 5. The molecule has 10 nitrogen and oxygen atoms in total. The summed E-state index contributed by atoms with van der Waals surface area (Å²) in [6.07, 6.45) is 1.49. The minimum absolute atomic E-state index is 0.107. The smallest absolute Gasteiger partial charge is 0.249 e. The van der Waals surface area contributed by atoms with Gasteiger partial charge in [0.2, 0.25) is 21.8 Å². The zero-order valence-electron chi connectivity index (χ0n) is 16.1. The molecule has 0 bridgehead atoms. The molecule has 2 aromatic heterocycles. The van der Waals surface area contributed by atoms with Gasteiger partial charge in [-0.05, 0) is 40.5 Å². The lowest BCUT2D eigenvalue weighted by Crippen LogP contribution is -2.46. The first-order valence-corrected chi connectivity index (χ1v) is 10.2. The predicted molar refractivity (Wildman–Crippen MR) is 95.2 cm³/mol. The van der Waals surface area contributed by atoms with E-state index in [1.165, 1.54) is 11.6 Å². The van der Waals surface area contributed by atoms with E-state index in [-0.39, 0.29) is 16.8 Å². The van der Waals surface area contributed by atoms with Crippen molar-refractivity contribution in [3.8, 4) is 0 Å². The first-order valence-electron chi connectivity index (χ1n) is 8.75. The van der Waals surface area contributed by atoms with Crippen LogP contribution in [0.3, 0.4) is 0 Å². The Morgan fingerprint density at radius 2 is 2.04 bits per heavy atom. The van der Waals surface area contributed by atoms with Crippen LogP contribution in [0.2, 0.25) is 0 Å². The van der Waals surface area contributed by atoms with Crippen molar-refractivity contribution in [3.05, 3.63) is 23.1 Å². The van der Waals surface area contributed by atoms with Crippen molar-refractivity contribution < 1.29 is 17.7 Å². The second-order valence-corrected chi connectivity index (χ2v) is 8.49. The van der Waals surface area contributed by atoms with E-state index in [4.69, 9.17) is 4.52 Å². The molecule has 0 aliphatic carbocycles. The number of likely N-dealkylation sites (tertiary alicyclic amines) is 1. The van der Waals surface area contributed by atoms with Crippen LogP contribution in [0.1, 0.15) is 48.9 Å². The minimum Gasteiger partial charge on any atom is -0.337 e. The van der Waals surface area contributed by atoms with Gasteiger partial charge in [0.1, 0.15) is 10.9 Å². The van der Waals surface area contributed by atoms with Gasteiger partial charge in [-0.2, -0.15) is 14.8 Å². The monoisotopic (exact) mass is 396 g/mol. The van der Waals surface area contributed by atoms with Gasteiger partial charge in [-0.3, -0.25) is 9.48 Å². The molecular formula is C16H24N6O4S. The second-order valence-electron chi connectivity index (χ2n) is 6.84. The molecule has 11 heteroatoms. The number of nitrogens with zero attached hydrogens (tertiary/aromatic N) is 5. The first kappa shape index (κ1) is 19.5. The molecule has 148 valence electrons. The number of nitrogens with one attached hydrogen (secondary N) is 1. The van der Waals surface area contributed by atoms with Gasteiger partial charge in [-0.15, -0.1) is 0 Å². The summed E-state index contributed by atoms with van der Waals surface area (Å²) >= 11 is 0. The van der Waals surface area contributed by atoms with Crippen molar-refractivity contribution in [2.75, 3.05) is 6.54 Å². The predicted octanol–water partition coefficient (Wildman–Crippen LogP) is 0.759. The van der Waals surface area contributed by atoms with E-state index in [0.29, 0.717) is 36.1 Å². The lowest BCUT2D eigenvalue weighted by molar-refractivity contribution is -0.134. The summed E-state index contributed by atoms with van der Waals surface area (Å²) in [6.45, 7) is 7.07. The maximum atomic E-state index is 12.9. The summed E-state index contributed by atoms with van der Waals surface area (Å²) in [4.78, 5) is 18.8. The van der Waals surface area contributed by atoms with Gasteiger partial charge < -0.3 is 9.42 Å². The van der Waals surface area contributed by atoms with Crippen LogP contribution in [0.5, 0.6) is 0 Å². The molecule has 0 saturated carbocycles. The summed E-state index contributed by atoms with van der Waals surface area (Å²) < 4.78 is 34.8. The highest BCUT2D eigenvalue weighted by Gasteiger charge is 2.37. The van der Waals surface area contributed by atoms with Crippen LogP contribution in [-0.4, -0.2) is 51.7 Å². The lowest BCUT2D eigenvalue weighted by atomic mass is 10.2. The summed E-state index contributed by atoms with van der Waals surface area (Å²) in [5.74, 6) is 0.559. The second kappa shape index (κ2) is 7.04. The van der Waals surface area contributed by atoms with E-state index >= 15 is 0 Å². The van der Waals surface area contributed by atoms with Crippen LogP contribution in [0, 0.1) is 20.8 Å². The Morgan fingerprint density at radius 1 is 1.33 bits per heavy atom. The van der Waals surface area contributed by atoms with Gasteiger partial charge >= 0.3 is 0 Å². The van der Waals surface area contributed by atoms with Gasteiger partial charge in [-0.1, -0.05) is 5.16 Å². The molecule has 1 amide bonds. The van der Waals surface area contributed by atoms with Gasteiger partial charge in [0.25, 0.3) is 0 Å². The van der Waals surface area contributed by atoms with Gasteiger partial charge in [0.15, 0.2) is 5.82 Å². The van der Waals surface area contributed by atoms with Crippen LogP contribution < -0.4 is 4.72 Å².